The first-order valence-corrected chi connectivity index (χ1v) is 10.8. The Morgan fingerprint density at radius 3 is 2.26 bits per heavy atom. The molecule has 4 rings (SSSR count). The second-order valence-electron chi connectivity index (χ2n) is 7.93. The lowest BCUT2D eigenvalue weighted by molar-refractivity contribution is -0.383. The number of anilines is 2. The fourth-order valence-corrected chi connectivity index (χ4v) is 4.16. The van der Waals surface area contributed by atoms with Gasteiger partial charge in [0.15, 0.2) is 0 Å². The number of aromatic nitrogens is 2. The number of hydrogen-bond acceptors (Lipinski definition) is 6. The van der Waals surface area contributed by atoms with Gasteiger partial charge in [-0.3, -0.25) is 10.1 Å². The van der Waals surface area contributed by atoms with Crippen molar-refractivity contribution < 1.29 is 4.92 Å². The molecule has 1 N–H and O–H groups in total. The van der Waals surface area contributed by atoms with Gasteiger partial charge in [-0.25, -0.2) is 9.97 Å². The van der Waals surface area contributed by atoms with Crippen LogP contribution in [-0.4, -0.2) is 34.5 Å². The first kappa shape index (κ1) is 20.8. The SMILES string of the molecule is O=[N+]([O-])c1c(NCCc2ccccc2)ncnc1N1CCC(Cc2ccccc2)CC1. The van der Waals surface area contributed by atoms with E-state index >= 15 is 0 Å². The number of hydrogen-bond donors (Lipinski definition) is 1. The van der Waals surface area contributed by atoms with Gasteiger partial charge in [0.1, 0.15) is 6.33 Å². The molecule has 0 unspecified atom stereocenters. The number of nitro groups is 1. The number of piperidine rings is 1. The maximum absolute atomic E-state index is 11.9. The quantitative estimate of drug-likeness (QED) is 0.429. The Labute approximate surface area is 182 Å². The van der Waals surface area contributed by atoms with Gasteiger partial charge in [0.25, 0.3) is 0 Å². The molecule has 1 saturated heterocycles. The zero-order valence-corrected chi connectivity index (χ0v) is 17.5. The van der Waals surface area contributed by atoms with E-state index in [1.807, 2.05) is 41.3 Å². The average Bonchev–Trinajstić information content (AvgIpc) is 2.81. The molecule has 0 amide bonds. The maximum Gasteiger partial charge on any atom is 0.353 e. The van der Waals surface area contributed by atoms with Crippen molar-refractivity contribution >= 4 is 17.3 Å². The van der Waals surface area contributed by atoms with Crippen LogP contribution in [0.2, 0.25) is 0 Å². The van der Waals surface area contributed by atoms with Crippen molar-refractivity contribution in [2.75, 3.05) is 29.9 Å². The monoisotopic (exact) mass is 417 g/mol. The summed E-state index contributed by atoms with van der Waals surface area (Å²) in [5.74, 6) is 1.29. The number of nitrogens with one attached hydrogen (secondary N) is 1. The molecule has 7 heteroatoms. The molecule has 160 valence electrons. The minimum atomic E-state index is -0.365. The molecule has 0 atom stereocenters. The predicted molar refractivity (Wildman–Crippen MR) is 122 cm³/mol. The van der Waals surface area contributed by atoms with Crippen molar-refractivity contribution in [3.05, 3.63) is 88.2 Å². The lowest BCUT2D eigenvalue weighted by Crippen LogP contribution is -2.35. The van der Waals surface area contributed by atoms with Gasteiger partial charge >= 0.3 is 5.69 Å². The molecule has 1 aliphatic rings. The van der Waals surface area contributed by atoms with Crippen molar-refractivity contribution in [3.63, 3.8) is 0 Å². The number of nitrogens with zero attached hydrogens (tertiary/aromatic N) is 4. The van der Waals surface area contributed by atoms with Crippen LogP contribution >= 0.6 is 0 Å². The third kappa shape index (κ3) is 5.36. The van der Waals surface area contributed by atoms with Crippen LogP contribution in [0.15, 0.2) is 67.0 Å². The molecule has 0 bridgehead atoms. The molecule has 1 fully saturated rings. The zero-order valence-electron chi connectivity index (χ0n) is 17.5. The third-order valence-corrected chi connectivity index (χ3v) is 5.82. The van der Waals surface area contributed by atoms with Crippen molar-refractivity contribution in [1.82, 2.24) is 9.97 Å². The first-order valence-electron chi connectivity index (χ1n) is 10.8. The van der Waals surface area contributed by atoms with Crippen LogP contribution in [0.5, 0.6) is 0 Å². The first-order chi connectivity index (χ1) is 15.2. The molecule has 2 heterocycles. The minimum absolute atomic E-state index is 0.0305. The van der Waals surface area contributed by atoms with Gasteiger partial charge in [-0.1, -0.05) is 60.7 Å². The average molecular weight is 418 g/mol. The summed E-state index contributed by atoms with van der Waals surface area (Å²) < 4.78 is 0. The highest BCUT2D eigenvalue weighted by Gasteiger charge is 2.29. The Hall–Kier alpha value is -3.48. The Morgan fingerprint density at radius 1 is 0.968 bits per heavy atom. The van der Waals surface area contributed by atoms with Crippen LogP contribution in [0.25, 0.3) is 0 Å². The standard InChI is InChI=1S/C24H27N5O2/c30-29(31)22-23(25-14-11-19-7-3-1-4-8-19)26-18-27-24(22)28-15-12-21(13-16-28)17-20-9-5-2-6-10-20/h1-10,18,21H,11-17H2,(H,25,26,27). The van der Waals surface area contributed by atoms with Gasteiger partial charge in [-0.15, -0.1) is 0 Å². The summed E-state index contributed by atoms with van der Waals surface area (Å²) in [6, 6.07) is 20.5. The summed E-state index contributed by atoms with van der Waals surface area (Å²) in [6.45, 7) is 2.10. The summed E-state index contributed by atoms with van der Waals surface area (Å²) in [6.07, 6.45) is 5.22. The number of benzene rings is 2. The smallest absolute Gasteiger partial charge is 0.353 e. The van der Waals surface area contributed by atoms with Crippen LogP contribution in [-0.2, 0) is 12.8 Å². The summed E-state index contributed by atoms with van der Waals surface area (Å²) in [7, 11) is 0. The normalized spacial score (nSPS) is 14.4. The Balaban J connectivity index is 1.41. The van der Waals surface area contributed by atoms with E-state index in [0.29, 0.717) is 18.3 Å². The summed E-state index contributed by atoms with van der Waals surface area (Å²) in [5.41, 5.74) is 2.49. The fraction of sp³-hybridized carbons (Fsp3) is 0.333. The van der Waals surface area contributed by atoms with Crippen LogP contribution in [0.3, 0.4) is 0 Å². The lowest BCUT2D eigenvalue weighted by atomic mass is 9.90. The van der Waals surface area contributed by atoms with Gasteiger partial charge in [0, 0.05) is 19.6 Å². The van der Waals surface area contributed by atoms with Crippen LogP contribution in [0.4, 0.5) is 17.3 Å². The second-order valence-corrected chi connectivity index (χ2v) is 7.93. The zero-order chi connectivity index (χ0) is 21.5. The minimum Gasteiger partial charge on any atom is -0.364 e. The molecule has 1 aromatic heterocycles. The van der Waals surface area contributed by atoms with E-state index in [2.05, 4.69) is 39.6 Å². The Kier molecular flexibility index (Phi) is 6.72. The number of rotatable bonds is 8. The van der Waals surface area contributed by atoms with E-state index in [9.17, 15) is 10.1 Å². The van der Waals surface area contributed by atoms with Gasteiger partial charge in [-0.05, 0) is 42.7 Å². The van der Waals surface area contributed by atoms with E-state index < -0.39 is 0 Å². The molecular weight excluding hydrogens is 390 g/mol. The molecule has 0 saturated carbocycles. The van der Waals surface area contributed by atoms with E-state index in [1.54, 1.807) is 0 Å². The van der Waals surface area contributed by atoms with Crippen LogP contribution in [0.1, 0.15) is 24.0 Å². The van der Waals surface area contributed by atoms with E-state index in [0.717, 1.165) is 38.8 Å². The topological polar surface area (TPSA) is 84.2 Å². The highest BCUT2D eigenvalue weighted by atomic mass is 16.6. The van der Waals surface area contributed by atoms with Crippen molar-refractivity contribution in [2.45, 2.75) is 25.7 Å². The van der Waals surface area contributed by atoms with E-state index in [1.165, 1.54) is 17.5 Å². The molecule has 0 aliphatic carbocycles. The highest BCUT2D eigenvalue weighted by Crippen LogP contribution is 2.34. The molecule has 0 radical (unpaired) electrons. The van der Waals surface area contributed by atoms with Gasteiger partial charge in [-0.2, -0.15) is 0 Å². The maximum atomic E-state index is 11.9. The summed E-state index contributed by atoms with van der Waals surface area (Å²) in [5, 5.41) is 15.0. The van der Waals surface area contributed by atoms with Gasteiger partial charge < -0.3 is 10.2 Å². The fourth-order valence-electron chi connectivity index (χ4n) is 4.16. The molecule has 2 aromatic carbocycles. The highest BCUT2D eigenvalue weighted by molar-refractivity contribution is 5.70. The Bertz CT molecular complexity index is 989. The van der Waals surface area contributed by atoms with Crippen LogP contribution in [0, 0.1) is 16.0 Å². The van der Waals surface area contributed by atoms with Crippen molar-refractivity contribution in [3.8, 4) is 0 Å². The molecule has 0 spiro atoms. The summed E-state index contributed by atoms with van der Waals surface area (Å²) >= 11 is 0. The van der Waals surface area contributed by atoms with E-state index in [4.69, 9.17) is 0 Å². The molecule has 7 nitrogen and oxygen atoms in total. The lowest BCUT2D eigenvalue weighted by Gasteiger charge is -2.32. The molecule has 3 aromatic rings. The largest absolute Gasteiger partial charge is 0.364 e. The third-order valence-electron chi connectivity index (χ3n) is 5.82. The molecular formula is C24H27N5O2. The van der Waals surface area contributed by atoms with Gasteiger partial charge in [0.2, 0.25) is 11.6 Å². The Morgan fingerprint density at radius 2 is 1.61 bits per heavy atom. The summed E-state index contributed by atoms with van der Waals surface area (Å²) in [4.78, 5) is 22.0. The van der Waals surface area contributed by atoms with Crippen molar-refractivity contribution in [1.29, 1.82) is 0 Å². The van der Waals surface area contributed by atoms with E-state index in [-0.39, 0.29) is 16.4 Å². The predicted octanol–water partition coefficient (Wildman–Crippen LogP) is 4.50. The molecule has 31 heavy (non-hydrogen) atoms. The van der Waals surface area contributed by atoms with Crippen molar-refractivity contribution in [2.24, 2.45) is 5.92 Å². The second kappa shape index (κ2) is 10.0. The van der Waals surface area contributed by atoms with Crippen LogP contribution < -0.4 is 10.2 Å². The molecule has 1 aliphatic heterocycles. The van der Waals surface area contributed by atoms with Gasteiger partial charge in [0.05, 0.1) is 4.92 Å².